The van der Waals surface area contributed by atoms with Gasteiger partial charge in [-0.15, -0.1) is 11.8 Å². The molecule has 1 aromatic carbocycles. The Labute approximate surface area is 161 Å². The van der Waals surface area contributed by atoms with Gasteiger partial charge in [-0.3, -0.25) is 10.1 Å². The van der Waals surface area contributed by atoms with Crippen molar-refractivity contribution in [3.05, 3.63) is 29.3 Å². The molecule has 2 fully saturated rings. The highest BCUT2D eigenvalue weighted by Crippen LogP contribution is 2.32. The zero-order valence-corrected chi connectivity index (χ0v) is 16.6. The molecule has 142 valence electrons. The molecule has 1 atom stereocenters. The van der Waals surface area contributed by atoms with Gasteiger partial charge in [0, 0.05) is 28.3 Å². The van der Waals surface area contributed by atoms with E-state index in [1.807, 2.05) is 24.3 Å². The van der Waals surface area contributed by atoms with Crippen LogP contribution in [-0.2, 0) is 14.8 Å². The van der Waals surface area contributed by atoms with E-state index in [4.69, 9.17) is 11.6 Å². The third-order valence-corrected chi connectivity index (χ3v) is 8.19. The van der Waals surface area contributed by atoms with Crippen LogP contribution in [0.2, 0.25) is 5.02 Å². The van der Waals surface area contributed by atoms with Crippen LogP contribution in [0.4, 0.5) is 4.79 Å². The van der Waals surface area contributed by atoms with Crippen LogP contribution in [0.3, 0.4) is 0 Å². The number of halogens is 1. The molecule has 0 spiro atoms. The minimum atomic E-state index is -3.65. The van der Waals surface area contributed by atoms with E-state index in [2.05, 4.69) is 10.6 Å². The highest BCUT2D eigenvalue weighted by Gasteiger charge is 2.46. The number of nitrogens with one attached hydrogen (secondary N) is 2. The number of imide groups is 1. The van der Waals surface area contributed by atoms with Gasteiger partial charge in [-0.2, -0.15) is 0 Å². The second kappa shape index (κ2) is 7.38. The summed E-state index contributed by atoms with van der Waals surface area (Å²) in [4.78, 5) is 24.3. The molecule has 0 saturated carbocycles. The number of nitrogens with zero attached hydrogens (tertiary/aromatic N) is 1. The van der Waals surface area contributed by atoms with Crippen LogP contribution in [-0.4, -0.2) is 54.3 Å². The molecule has 26 heavy (non-hydrogen) atoms. The molecule has 3 rings (SSSR count). The highest BCUT2D eigenvalue weighted by atomic mass is 35.5. The zero-order chi connectivity index (χ0) is 18.9. The molecule has 2 saturated heterocycles. The maximum absolute atomic E-state index is 12.7. The molecule has 7 nitrogen and oxygen atoms in total. The molecule has 0 aromatic heterocycles. The number of hydrogen-bond donors (Lipinski definition) is 2. The number of benzene rings is 1. The van der Waals surface area contributed by atoms with Crippen LogP contribution in [0.15, 0.2) is 29.2 Å². The average Bonchev–Trinajstić information content (AvgIpc) is 2.81. The van der Waals surface area contributed by atoms with Crippen molar-refractivity contribution in [3.63, 3.8) is 0 Å². The number of rotatable bonds is 5. The Morgan fingerprint density at radius 1 is 1.23 bits per heavy atom. The normalized spacial score (nSPS) is 25.2. The summed E-state index contributed by atoms with van der Waals surface area (Å²) in [6, 6.07) is 6.93. The lowest BCUT2D eigenvalue weighted by Gasteiger charge is -2.32. The van der Waals surface area contributed by atoms with Gasteiger partial charge in [-0.05, 0) is 44.0 Å². The van der Waals surface area contributed by atoms with Crippen LogP contribution >= 0.6 is 23.4 Å². The van der Waals surface area contributed by atoms with Crippen molar-refractivity contribution >= 4 is 45.3 Å². The second-order valence-corrected chi connectivity index (χ2v) is 10.4. The third-order valence-electron chi connectivity index (χ3n) is 4.50. The van der Waals surface area contributed by atoms with Gasteiger partial charge < -0.3 is 5.32 Å². The number of carbonyl (C=O) groups excluding carboxylic acids is 2. The lowest BCUT2D eigenvalue weighted by atomic mass is 10.1. The van der Waals surface area contributed by atoms with Crippen molar-refractivity contribution in [2.24, 2.45) is 0 Å². The largest absolute Gasteiger partial charge is 0.322 e. The van der Waals surface area contributed by atoms with Gasteiger partial charge in [0.1, 0.15) is 5.54 Å². The zero-order valence-electron chi connectivity index (χ0n) is 14.2. The molecule has 2 heterocycles. The van der Waals surface area contributed by atoms with Crippen molar-refractivity contribution in [2.45, 2.75) is 35.4 Å². The molecule has 2 aliphatic heterocycles. The van der Waals surface area contributed by atoms with Gasteiger partial charge in [0.2, 0.25) is 10.0 Å². The first-order valence-electron chi connectivity index (χ1n) is 8.22. The van der Waals surface area contributed by atoms with Crippen LogP contribution in [0, 0.1) is 0 Å². The summed E-state index contributed by atoms with van der Waals surface area (Å²) in [6.45, 7) is 2.23. The summed E-state index contributed by atoms with van der Waals surface area (Å²) in [7, 11) is -3.65. The summed E-state index contributed by atoms with van der Waals surface area (Å²) >= 11 is 7.60. The van der Waals surface area contributed by atoms with E-state index >= 15 is 0 Å². The molecule has 10 heteroatoms. The summed E-state index contributed by atoms with van der Waals surface area (Å²) in [6.07, 6.45) is 1.45. The Morgan fingerprint density at radius 2 is 1.85 bits per heavy atom. The molecule has 0 aliphatic carbocycles. The van der Waals surface area contributed by atoms with Gasteiger partial charge in [-0.25, -0.2) is 17.5 Å². The Kier molecular flexibility index (Phi) is 5.53. The molecule has 0 radical (unpaired) electrons. The van der Waals surface area contributed by atoms with Crippen LogP contribution in [0.5, 0.6) is 0 Å². The van der Waals surface area contributed by atoms with E-state index in [-0.39, 0.29) is 0 Å². The van der Waals surface area contributed by atoms with Crippen molar-refractivity contribution < 1.29 is 18.0 Å². The number of carbonyl (C=O) groups is 2. The summed E-state index contributed by atoms with van der Waals surface area (Å²) in [5, 5.41) is 5.50. The van der Waals surface area contributed by atoms with E-state index in [1.165, 1.54) is 11.2 Å². The number of hydrogen-bond acceptors (Lipinski definition) is 5. The Hall–Kier alpha value is -1.29. The predicted molar refractivity (Wildman–Crippen MR) is 101 cm³/mol. The second-order valence-electron chi connectivity index (χ2n) is 6.67. The molecule has 2 aliphatic rings. The number of thioether (sulfide) groups is 1. The topological polar surface area (TPSA) is 95.6 Å². The van der Waals surface area contributed by atoms with Crippen molar-refractivity contribution in [1.82, 2.24) is 14.9 Å². The Balaban J connectivity index is 1.57. The average molecular weight is 418 g/mol. The minimum absolute atomic E-state index is 0.327. The Morgan fingerprint density at radius 3 is 2.38 bits per heavy atom. The third kappa shape index (κ3) is 4.33. The summed E-state index contributed by atoms with van der Waals surface area (Å²) < 4.78 is 26.8. The maximum atomic E-state index is 12.7. The Bertz CT molecular complexity index is 807. The first-order valence-corrected chi connectivity index (χ1v) is 11.1. The van der Waals surface area contributed by atoms with Gasteiger partial charge in [0.05, 0.1) is 5.75 Å². The fourth-order valence-corrected chi connectivity index (χ4v) is 6.20. The molecule has 3 amide bonds. The fourth-order valence-electron chi connectivity index (χ4n) is 3.07. The van der Waals surface area contributed by atoms with E-state index in [0.29, 0.717) is 23.4 Å². The number of amides is 3. The standard InChI is InChI=1S/C16H20ClN3O4S2/c1-16(14(21)18-15(22)19-16)10-26(23,24)20-8-6-13(7-9-20)25-12-4-2-11(17)3-5-12/h2-5,13H,6-10H2,1H3,(H2,18,19,21,22). The first-order chi connectivity index (χ1) is 12.2. The van der Waals surface area contributed by atoms with Crippen LogP contribution < -0.4 is 10.6 Å². The van der Waals surface area contributed by atoms with Gasteiger partial charge in [0.15, 0.2) is 0 Å². The van der Waals surface area contributed by atoms with E-state index in [9.17, 15) is 18.0 Å². The smallest absolute Gasteiger partial charge is 0.322 e. The lowest BCUT2D eigenvalue weighted by molar-refractivity contribution is -0.122. The molecule has 1 unspecified atom stereocenters. The van der Waals surface area contributed by atoms with Crippen LogP contribution in [0.1, 0.15) is 19.8 Å². The fraction of sp³-hybridized carbons (Fsp3) is 0.500. The highest BCUT2D eigenvalue weighted by molar-refractivity contribution is 8.00. The van der Waals surface area contributed by atoms with E-state index in [0.717, 1.165) is 17.7 Å². The van der Waals surface area contributed by atoms with Crippen molar-refractivity contribution in [3.8, 4) is 0 Å². The summed E-state index contributed by atoms with van der Waals surface area (Å²) in [5.74, 6) is -1.05. The van der Waals surface area contributed by atoms with Crippen molar-refractivity contribution in [1.29, 1.82) is 0 Å². The molecular formula is C16H20ClN3O4S2. The van der Waals surface area contributed by atoms with E-state index in [1.54, 1.807) is 11.8 Å². The predicted octanol–water partition coefficient (Wildman–Crippen LogP) is 1.82. The molecule has 0 bridgehead atoms. The van der Waals surface area contributed by atoms with Gasteiger partial charge >= 0.3 is 6.03 Å². The van der Waals surface area contributed by atoms with Crippen molar-refractivity contribution in [2.75, 3.05) is 18.8 Å². The maximum Gasteiger partial charge on any atom is 0.322 e. The first kappa shape index (κ1) is 19.5. The molecule has 2 N–H and O–H groups in total. The number of urea groups is 1. The van der Waals surface area contributed by atoms with Crippen LogP contribution in [0.25, 0.3) is 0 Å². The summed E-state index contributed by atoms with van der Waals surface area (Å²) in [5.41, 5.74) is -1.43. The molecule has 1 aromatic rings. The quantitative estimate of drug-likeness (QED) is 0.712. The number of piperidine rings is 1. The number of sulfonamides is 1. The SMILES string of the molecule is CC1(CS(=O)(=O)N2CCC(Sc3ccc(Cl)cc3)CC2)NC(=O)NC1=O. The monoisotopic (exact) mass is 417 g/mol. The van der Waals surface area contributed by atoms with Gasteiger partial charge in [-0.1, -0.05) is 11.6 Å². The molecular weight excluding hydrogens is 398 g/mol. The van der Waals surface area contributed by atoms with Gasteiger partial charge in [0.25, 0.3) is 5.91 Å². The lowest BCUT2D eigenvalue weighted by Crippen LogP contribution is -2.53. The van der Waals surface area contributed by atoms with E-state index < -0.39 is 33.3 Å². The minimum Gasteiger partial charge on any atom is -0.322 e.